The molecule has 0 aliphatic carbocycles. The molecule has 2 rings (SSSR count). The molecule has 1 aromatic rings. The van der Waals surface area contributed by atoms with Crippen molar-refractivity contribution < 1.29 is 0 Å². The molecule has 0 aromatic carbocycles. The summed E-state index contributed by atoms with van der Waals surface area (Å²) in [5.41, 5.74) is 1.31. The number of hydrogen-bond acceptors (Lipinski definition) is 1. The molecule has 2 nitrogen and oxygen atoms in total. The van der Waals surface area contributed by atoms with E-state index in [2.05, 4.69) is 23.4 Å². The van der Waals surface area contributed by atoms with Crippen LogP contribution in [0.3, 0.4) is 0 Å². The fourth-order valence-corrected chi connectivity index (χ4v) is 1.74. The number of nitrogens with zero attached hydrogens (tertiary/aromatic N) is 2. The van der Waals surface area contributed by atoms with Crippen LogP contribution in [0.4, 0.5) is 0 Å². The highest BCUT2D eigenvalue weighted by Crippen LogP contribution is 2.19. The molecule has 1 aliphatic heterocycles. The van der Waals surface area contributed by atoms with Gasteiger partial charge in [-0.1, -0.05) is 6.92 Å². The van der Waals surface area contributed by atoms with Gasteiger partial charge in [-0.05, 0) is 19.3 Å². The number of rotatable bonds is 0. The Bertz CT molecular complexity index is 263. The lowest BCUT2D eigenvalue weighted by molar-refractivity contribution is 0.389. The summed E-state index contributed by atoms with van der Waals surface area (Å²) < 4.78 is 2.34. The third kappa shape index (κ3) is 1.06. The van der Waals surface area contributed by atoms with Gasteiger partial charge in [-0.25, -0.2) is 4.98 Å². The van der Waals surface area contributed by atoms with Crippen molar-refractivity contribution in [3.05, 3.63) is 17.7 Å². The SMILES string of the molecule is Cc1cnc2n1CC(C)CC2. The average molecular weight is 150 g/mol. The molecule has 0 radical (unpaired) electrons. The standard InChI is InChI=1S/C9H14N2/c1-7-3-4-9-10-5-8(2)11(9)6-7/h5,7H,3-4,6H2,1-2H3. The van der Waals surface area contributed by atoms with E-state index in [0.717, 1.165) is 12.3 Å². The first-order valence-electron chi connectivity index (χ1n) is 4.28. The molecule has 0 spiro atoms. The highest BCUT2D eigenvalue weighted by molar-refractivity contribution is 5.05. The highest BCUT2D eigenvalue weighted by Gasteiger charge is 2.16. The lowest BCUT2D eigenvalue weighted by atomic mass is 10.0. The van der Waals surface area contributed by atoms with Crippen LogP contribution in [0.1, 0.15) is 24.9 Å². The Morgan fingerprint density at radius 1 is 1.64 bits per heavy atom. The Morgan fingerprint density at radius 2 is 2.45 bits per heavy atom. The molecule has 0 bridgehead atoms. The lowest BCUT2D eigenvalue weighted by Gasteiger charge is -2.21. The zero-order valence-electron chi connectivity index (χ0n) is 7.17. The van der Waals surface area contributed by atoms with Gasteiger partial charge in [0.15, 0.2) is 0 Å². The van der Waals surface area contributed by atoms with Gasteiger partial charge in [0.2, 0.25) is 0 Å². The van der Waals surface area contributed by atoms with Crippen molar-refractivity contribution >= 4 is 0 Å². The monoisotopic (exact) mass is 150 g/mol. The minimum absolute atomic E-state index is 0.829. The number of aromatic nitrogens is 2. The van der Waals surface area contributed by atoms with E-state index < -0.39 is 0 Å². The van der Waals surface area contributed by atoms with Gasteiger partial charge < -0.3 is 4.57 Å². The minimum Gasteiger partial charge on any atom is -0.332 e. The van der Waals surface area contributed by atoms with Crippen LogP contribution in [0.5, 0.6) is 0 Å². The first kappa shape index (κ1) is 6.89. The van der Waals surface area contributed by atoms with Crippen LogP contribution in [0.2, 0.25) is 0 Å². The average Bonchev–Trinajstić information content (AvgIpc) is 2.33. The van der Waals surface area contributed by atoms with Gasteiger partial charge in [0, 0.05) is 24.9 Å². The summed E-state index contributed by atoms with van der Waals surface area (Å²) in [5.74, 6) is 2.11. The zero-order chi connectivity index (χ0) is 7.84. The first-order chi connectivity index (χ1) is 5.27. The maximum atomic E-state index is 4.35. The summed E-state index contributed by atoms with van der Waals surface area (Å²) in [7, 11) is 0. The van der Waals surface area contributed by atoms with Crippen LogP contribution in [-0.4, -0.2) is 9.55 Å². The summed E-state index contributed by atoms with van der Waals surface area (Å²) in [6.45, 7) is 5.61. The van der Waals surface area contributed by atoms with Gasteiger partial charge >= 0.3 is 0 Å². The molecule has 0 saturated heterocycles. The van der Waals surface area contributed by atoms with E-state index in [-0.39, 0.29) is 0 Å². The Balaban J connectivity index is 2.37. The summed E-state index contributed by atoms with van der Waals surface area (Å²) in [4.78, 5) is 4.35. The molecule has 1 aliphatic rings. The van der Waals surface area contributed by atoms with Crippen molar-refractivity contribution in [2.75, 3.05) is 0 Å². The van der Waals surface area contributed by atoms with E-state index in [1.54, 1.807) is 0 Å². The summed E-state index contributed by atoms with van der Waals surface area (Å²) in [6, 6.07) is 0. The topological polar surface area (TPSA) is 17.8 Å². The van der Waals surface area contributed by atoms with Gasteiger partial charge in [0.25, 0.3) is 0 Å². The van der Waals surface area contributed by atoms with Crippen LogP contribution >= 0.6 is 0 Å². The summed E-state index contributed by atoms with van der Waals surface area (Å²) in [6.07, 6.45) is 4.44. The van der Waals surface area contributed by atoms with Crippen molar-refractivity contribution in [1.29, 1.82) is 0 Å². The molecule has 1 atom stereocenters. The van der Waals surface area contributed by atoms with E-state index in [4.69, 9.17) is 0 Å². The second-order valence-electron chi connectivity index (χ2n) is 3.57. The Hall–Kier alpha value is -0.790. The van der Waals surface area contributed by atoms with Crippen LogP contribution in [0.15, 0.2) is 6.20 Å². The largest absolute Gasteiger partial charge is 0.332 e. The molecule has 0 amide bonds. The van der Waals surface area contributed by atoms with Crippen LogP contribution in [0, 0.1) is 12.8 Å². The highest BCUT2D eigenvalue weighted by atomic mass is 15.1. The van der Waals surface area contributed by atoms with E-state index >= 15 is 0 Å². The predicted molar refractivity (Wildman–Crippen MR) is 44.4 cm³/mol. The molecule has 0 saturated carbocycles. The third-order valence-corrected chi connectivity index (χ3v) is 2.49. The third-order valence-electron chi connectivity index (χ3n) is 2.49. The molecule has 1 aromatic heterocycles. The molecule has 0 N–H and O–H groups in total. The summed E-state index contributed by atoms with van der Waals surface area (Å²) >= 11 is 0. The van der Waals surface area contributed by atoms with Gasteiger partial charge in [0.1, 0.15) is 5.82 Å². The predicted octanol–water partition coefficient (Wildman–Crippen LogP) is 1.77. The normalized spacial score (nSPS) is 23.3. The van der Waals surface area contributed by atoms with Crippen molar-refractivity contribution in [1.82, 2.24) is 9.55 Å². The van der Waals surface area contributed by atoms with Crippen LogP contribution in [-0.2, 0) is 13.0 Å². The summed E-state index contributed by atoms with van der Waals surface area (Å²) in [5, 5.41) is 0. The molecule has 0 fully saturated rings. The van der Waals surface area contributed by atoms with Gasteiger partial charge in [-0.3, -0.25) is 0 Å². The van der Waals surface area contributed by atoms with Crippen molar-refractivity contribution in [2.45, 2.75) is 33.2 Å². The molecular formula is C9H14N2. The van der Waals surface area contributed by atoms with Gasteiger partial charge in [-0.2, -0.15) is 0 Å². The molecule has 2 heterocycles. The van der Waals surface area contributed by atoms with Crippen LogP contribution < -0.4 is 0 Å². The van der Waals surface area contributed by atoms with E-state index in [0.29, 0.717) is 0 Å². The molecule has 11 heavy (non-hydrogen) atoms. The molecular weight excluding hydrogens is 136 g/mol. The smallest absolute Gasteiger partial charge is 0.108 e. The Morgan fingerprint density at radius 3 is 3.27 bits per heavy atom. The quantitative estimate of drug-likeness (QED) is 0.551. The van der Waals surface area contributed by atoms with Crippen molar-refractivity contribution in [3.63, 3.8) is 0 Å². The lowest BCUT2D eigenvalue weighted by Crippen LogP contribution is -2.18. The first-order valence-corrected chi connectivity index (χ1v) is 4.28. The fraction of sp³-hybridized carbons (Fsp3) is 0.667. The number of aryl methyl sites for hydroxylation is 2. The molecule has 60 valence electrons. The number of hydrogen-bond donors (Lipinski definition) is 0. The van der Waals surface area contributed by atoms with Gasteiger partial charge in [0.05, 0.1) is 0 Å². The van der Waals surface area contributed by atoms with Crippen LogP contribution in [0.25, 0.3) is 0 Å². The number of fused-ring (bicyclic) bond motifs is 1. The second-order valence-corrected chi connectivity index (χ2v) is 3.57. The van der Waals surface area contributed by atoms with Crippen molar-refractivity contribution in [2.24, 2.45) is 5.92 Å². The van der Waals surface area contributed by atoms with Crippen molar-refractivity contribution in [3.8, 4) is 0 Å². The Labute approximate surface area is 67.3 Å². The minimum atomic E-state index is 0.829. The maximum absolute atomic E-state index is 4.35. The Kier molecular flexibility index (Phi) is 1.48. The second kappa shape index (κ2) is 2.36. The van der Waals surface area contributed by atoms with E-state index in [9.17, 15) is 0 Å². The zero-order valence-corrected chi connectivity index (χ0v) is 7.17. The van der Waals surface area contributed by atoms with E-state index in [1.807, 2.05) is 6.20 Å². The fourth-order valence-electron chi connectivity index (χ4n) is 1.74. The van der Waals surface area contributed by atoms with E-state index in [1.165, 1.54) is 24.5 Å². The maximum Gasteiger partial charge on any atom is 0.108 e. The van der Waals surface area contributed by atoms with Gasteiger partial charge in [-0.15, -0.1) is 0 Å². The molecule has 1 unspecified atom stereocenters. The number of imidazole rings is 1. The molecule has 2 heteroatoms.